The second-order valence-corrected chi connectivity index (χ2v) is 7.63. The molecule has 0 bridgehead atoms. The van der Waals surface area contributed by atoms with E-state index in [0.29, 0.717) is 29.0 Å². The van der Waals surface area contributed by atoms with E-state index in [9.17, 15) is 18.0 Å². The third-order valence-corrected chi connectivity index (χ3v) is 5.34. The number of benzene rings is 2. The Bertz CT molecular complexity index is 1120. The van der Waals surface area contributed by atoms with Gasteiger partial charge in [-0.2, -0.15) is 13.2 Å². The summed E-state index contributed by atoms with van der Waals surface area (Å²) >= 11 is 0. The molecule has 0 aliphatic carbocycles. The van der Waals surface area contributed by atoms with Crippen LogP contribution in [-0.4, -0.2) is 28.5 Å². The molecule has 1 atom stereocenters. The SMILES string of the molecule is CC1CCCN1c1cc(C(N)=O)nc(-c2ccc(Oc3ccc(C(F)(F)F)cc3)cc2)n1. The number of amides is 1. The Hall–Kier alpha value is -3.62. The van der Waals surface area contributed by atoms with Gasteiger partial charge in [-0.1, -0.05) is 0 Å². The maximum Gasteiger partial charge on any atom is 0.416 e. The molecule has 1 aromatic heterocycles. The summed E-state index contributed by atoms with van der Waals surface area (Å²) in [7, 11) is 0. The zero-order chi connectivity index (χ0) is 22.9. The molecule has 1 saturated heterocycles. The van der Waals surface area contributed by atoms with Gasteiger partial charge >= 0.3 is 6.18 Å². The minimum atomic E-state index is -4.40. The highest BCUT2D eigenvalue weighted by Gasteiger charge is 2.30. The van der Waals surface area contributed by atoms with Crippen LogP contribution in [0.4, 0.5) is 19.0 Å². The Balaban J connectivity index is 1.57. The lowest BCUT2D eigenvalue weighted by atomic mass is 10.2. The van der Waals surface area contributed by atoms with E-state index in [1.54, 1.807) is 30.3 Å². The maximum absolute atomic E-state index is 12.7. The lowest BCUT2D eigenvalue weighted by molar-refractivity contribution is -0.137. The van der Waals surface area contributed by atoms with Crippen molar-refractivity contribution in [3.63, 3.8) is 0 Å². The summed E-state index contributed by atoms with van der Waals surface area (Å²) in [5, 5.41) is 0. The number of hydrogen-bond donors (Lipinski definition) is 1. The van der Waals surface area contributed by atoms with E-state index in [0.717, 1.165) is 31.5 Å². The minimum absolute atomic E-state index is 0.134. The molecule has 32 heavy (non-hydrogen) atoms. The van der Waals surface area contributed by atoms with Crippen LogP contribution >= 0.6 is 0 Å². The summed E-state index contributed by atoms with van der Waals surface area (Å²) in [6.45, 7) is 2.95. The first-order valence-corrected chi connectivity index (χ1v) is 10.1. The molecule has 1 aliphatic heterocycles. The van der Waals surface area contributed by atoms with Crippen molar-refractivity contribution in [2.75, 3.05) is 11.4 Å². The van der Waals surface area contributed by atoms with Crippen molar-refractivity contribution in [1.29, 1.82) is 0 Å². The number of carbonyl (C=O) groups is 1. The van der Waals surface area contributed by atoms with Crippen LogP contribution in [0.25, 0.3) is 11.4 Å². The number of hydrogen-bond acceptors (Lipinski definition) is 5. The van der Waals surface area contributed by atoms with Crippen molar-refractivity contribution in [1.82, 2.24) is 9.97 Å². The minimum Gasteiger partial charge on any atom is -0.457 e. The van der Waals surface area contributed by atoms with Gasteiger partial charge in [-0.15, -0.1) is 0 Å². The monoisotopic (exact) mass is 442 g/mol. The van der Waals surface area contributed by atoms with Crippen molar-refractivity contribution < 1.29 is 22.7 Å². The van der Waals surface area contributed by atoms with E-state index in [1.165, 1.54) is 12.1 Å². The summed E-state index contributed by atoms with van der Waals surface area (Å²) in [6.07, 6.45) is -2.31. The van der Waals surface area contributed by atoms with E-state index in [2.05, 4.69) is 21.8 Å². The van der Waals surface area contributed by atoms with Crippen LogP contribution in [0.3, 0.4) is 0 Å². The first-order valence-electron chi connectivity index (χ1n) is 10.1. The van der Waals surface area contributed by atoms with E-state index >= 15 is 0 Å². The summed E-state index contributed by atoms with van der Waals surface area (Å²) < 4.78 is 43.7. The Morgan fingerprint density at radius 1 is 1.06 bits per heavy atom. The molecule has 2 aromatic carbocycles. The van der Waals surface area contributed by atoms with Crippen LogP contribution in [-0.2, 0) is 6.18 Å². The number of nitrogens with zero attached hydrogens (tertiary/aromatic N) is 3. The van der Waals surface area contributed by atoms with E-state index in [1.807, 2.05) is 0 Å². The molecule has 9 heteroatoms. The van der Waals surface area contributed by atoms with Gasteiger partial charge in [0.05, 0.1) is 5.56 Å². The van der Waals surface area contributed by atoms with Gasteiger partial charge in [-0.25, -0.2) is 9.97 Å². The van der Waals surface area contributed by atoms with E-state index in [-0.39, 0.29) is 11.4 Å². The number of aromatic nitrogens is 2. The fraction of sp³-hybridized carbons (Fsp3) is 0.261. The molecule has 1 unspecified atom stereocenters. The zero-order valence-electron chi connectivity index (χ0n) is 17.3. The fourth-order valence-electron chi connectivity index (χ4n) is 3.63. The van der Waals surface area contributed by atoms with Crippen LogP contribution in [0.1, 0.15) is 35.8 Å². The Morgan fingerprint density at radius 3 is 2.22 bits per heavy atom. The number of ether oxygens (including phenoxy) is 1. The van der Waals surface area contributed by atoms with Crippen molar-refractivity contribution in [2.24, 2.45) is 5.73 Å². The van der Waals surface area contributed by atoms with Crippen molar-refractivity contribution in [3.05, 3.63) is 65.9 Å². The van der Waals surface area contributed by atoms with Crippen LogP contribution in [0, 0.1) is 0 Å². The molecule has 166 valence electrons. The second-order valence-electron chi connectivity index (χ2n) is 7.63. The van der Waals surface area contributed by atoms with Crippen molar-refractivity contribution in [3.8, 4) is 22.9 Å². The van der Waals surface area contributed by atoms with Gasteiger partial charge in [0.25, 0.3) is 5.91 Å². The highest BCUT2D eigenvalue weighted by molar-refractivity contribution is 5.92. The first kappa shape index (κ1) is 21.6. The summed E-state index contributed by atoms with van der Waals surface area (Å²) in [4.78, 5) is 22.8. The Kier molecular flexibility index (Phi) is 5.73. The zero-order valence-corrected chi connectivity index (χ0v) is 17.3. The summed E-state index contributed by atoms with van der Waals surface area (Å²) in [6, 6.07) is 13.1. The van der Waals surface area contributed by atoms with Gasteiger partial charge in [0.2, 0.25) is 0 Å². The first-order chi connectivity index (χ1) is 15.2. The van der Waals surface area contributed by atoms with E-state index in [4.69, 9.17) is 10.5 Å². The van der Waals surface area contributed by atoms with Gasteiger partial charge in [-0.05, 0) is 68.3 Å². The molecule has 0 radical (unpaired) electrons. The summed E-state index contributed by atoms with van der Waals surface area (Å²) in [5.41, 5.74) is 5.52. The predicted molar refractivity (Wildman–Crippen MR) is 114 cm³/mol. The highest BCUT2D eigenvalue weighted by Crippen LogP contribution is 2.32. The largest absolute Gasteiger partial charge is 0.457 e. The van der Waals surface area contributed by atoms with Crippen LogP contribution in [0.5, 0.6) is 11.5 Å². The molecule has 1 amide bonds. The Morgan fingerprint density at radius 2 is 1.69 bits per heavy atom. The molecule has 6 nitrogen and oxygen atoms in total. The lowest BCUT2D eigenvalue weighted by Gasteiger charge is -2.23. The molecule has 0 spiro atoms. The number of alkyl halides is 3. The van der Waals surface area contributed by atoms with Crippen molar-refractivity contribution in [2.45, 2.75) is 32.0 Å². The molecular weight excluding hydrogens is 421 g/mol. The maximum atomic E-state index is 12.7. The second kappa shape index (κ2) is 8.49. The van der Waals surface area contributed by atoms with Gasteiger partial charge in [0.1, 0.15) is 23.0 Å². The molecular formula is C23H21F3N4O2. The average Bonchev–Trinajstić information content (AvgIpc) is 3.19. The van der Waals surface area contributed by atoms with Crippen LogP contribution in [0.2, 0.25) is 0 Å². The highest BCUT2D eigenvalue weighted by atomic mass is 19.4. The number of anilines is 1. The van der Waals surface area contributed by atoms with Gasteiger partial charge < -0.3 is 15.4 Å². The number of primary amides is 1. The molecule has 3 aromatic rings. The Labute approximate surface area is 182 Å². The normalized spacial score (nSPS) is 16.2. The number of carbonyl (C=O) groups excluding carboxylic acids is 1. The van der Waals surface area contributed by atoms with E-state index < -0.39 is 17.6 Å². The van der Waals surface area contributed by atoms with Crippen LogP contribution in [0.15, 0.2) is 54.6 Å². The lowest BCUT2D eigenvalue weighted by Crippen LogP contribution is -2.28. The average molecular weight is 442 g/mol. The molecule has 1 aliphatic rings. The number of nitrogens with two attached hydrogens (primary N) is 1. The topological polar surface area (TPSA) is 81.3 Å². The standard InChI is InChI=1S/C23H21F3N4O2/c1-14-3-2-12-30(14)20-13-19(21(27)31)28-22(29-20)15-4-8-17(9-5-15)32-18-10-6-16(7-11-18)23(24,25)26/h4-11,13-14H,2-3,12H2,1H3,(H2,27,31). The third-order valence-electron chi connectivity index (χ3n) is 5.34. The molecule has 0 saturated carbocycles. The summed E-state index contributed by atoms with van der Waals surface area (Å²) in [5.74, 6) is 1.09. The molecule has 2 N–H and O–H groups in total. The van der Waals surface area contributed by atoms with Crippen molar-refractivity contribution >= 4 is 11.7 Å². The van der Waals surface area contributed by atoms with Gasteiger partial charge in [0, 0.05) is 24.2 Å². The smallest absolute Gasteiger partial charge is 0.416 e. The molecule has 2 heterocycles. The molecule has 4 rings (SSSR count). The van der Waals surface area contributed by atoms with Gasteiger partial charge in [0.15, 0.2) is 5.82 Å². The fourth-order valence-corrected chi connectivity index (χ4v) is 3.63. The molecule has 1 fully saturated rings. The van der Waals surface area contributed by atoms with Gasteiger partial charge in [-0.3, -0.25) is 4.79 Å². The number of rotatable bonds is 5. The number of halogens is 3. The predicted octanol–water partition coefficient (Wildman–Crippen LogP) is 5.04. The van der Waals surface area contributed by atoms with Crippen LogP contribution < -0.4 is 15.4 Å². The quantitative estimate of drug-likeness (QED) is 0.599. The third kappa shape index (κ3) is 4.66.